The van der Waals surface area contributed by atoms with Gasteiger partial charge in [-0.1, -0.05) is 30.3 Å². The minimum atomic E-state index is -0.589. The van der Waals surface area contributed by atoms with Gasteiger partial charge in [0.05, 0.1) is 6.10 Å². The Morgan fingerprint density at radius 2 is 1.88 bits per heavy atom. The maximum absolute atomic E-state index is 12.7. The van der Waals surface area contributed by atoms with Gasteiger partial charge in [-0.25, -0.2) is 0 Å². The van der Waals surface area contributed by atoms with E-state index in [-0.39, 0.29) is 12.5 Å². The maximum atomic E-state index is 12.7. The molecule has 0 radical (unpaired) electrons. The first-order valence-electron chi connectivity index (χ1n) is 11.8. The van der Waals surface area contributed by atoms with Gasteiger partial charge in [-0.2, -0.15) is 0 Å². The van der Waals surface area contributed by atoms with Gasteiger partial charge < -0.3 is 20.2 Å². The lowest BCUT2D eigenvalue weighted by atomic mass is 10.00. The van der Waals surface area contributed by atoms with E-state index in [4.69, 9.17) is 0 Å². The normalized spacial score (nSPS) is 18.7. The van der Waals surface area contributed by atoms with Crippen molar-refractivity contribution in [3.05, 3.63) is 65.2 Å². The van der Waals surface area contributed by atoms with Gasteiger partial charge in [-0.05, 0) is 68.7 Å². The molecule has 1 amide bonds. The van der Waals surface area contributed by atoms with Crippen LogP contribution in [0, 0.1) is 0 Å². The summed E-state index contributed by atoms with van der Waals surface area (Å²) in [5.74, 6) is -0.133. The summed E-state index contributed by atoms with van der Waals surface area (Å²) in [6.45, 7) is 4.82. The van der Waals surface area contributed by atoms with Crippen molar-refractivity contribution in [3.8, 4) is 0 Å². The van der Waals surface area contributed by atoms with Gasteiger partial charge in [0.25, 0.3) is 5.91 Å². The Balaban J connectivity index is 1.27. The summed E-state index contributed by atoms with van der Waals surface area (Å²) in [6.07, 6.45) is 2.69. The molecular formula is C26H36N4O2. The van der Waals surface area contributed by atoms with E-state index in [9.17, 15) is 9.90 Å². The molecule has 1 unspecified atom stereocenters. The zero-order valence-electron chi connectivity index (χ0n) is 19.3. The largest absolute Gasteiger partial charge is 0.390 e. The maximum Gasteiger partial charge on any atom is 0.251 e. The first-order valence-corrected chi connectivity index (χ1v) is 11.8. The molecule has 2 N–H and O–H groups in total. The summed E-state index contributed by atoms with van der Waals surface area (Å²) in [7, 11) is 4.29. The summed E-state index contributed by atoms with van der Waals surface area (Å²) in [4.78, 5) is 19.7. The quantitative estimate of drug-likeness (QED) is 0.698. The van der Waals surface area contributed by atoms with E-state index in [0.29, 0.717) is 18.2 Å². The summed E-state index contributed by atoms with van der Waals surface area (Å²) in [5.41, 5.74) is 4.44. The van der Waals surface area contributed by atoms with Gasteiger partial charge in [0.1, 0.15) is 0 Å². The predicted octanol–water partition coefficient (Wildman–Crippen LogP) is 2.37. The van der Waals surface area contributed by atoms with Crippen molar-refractivity contribution in [1.29, 1.82) is 0 Å². The van der Waals surface area contributed by atoms with E-state index >= 15 is 0 Å². The van der Waals surface area contributed by atoms with Gasteiger partial charge in [0.2, 0.25) is 0 Å². The molecule has 2 aromatic rings. The van der Waals surface area contributed by atoms with Crippen molar-refractivity contribution in [2.45, 2.75) is 38.0 Å². The third-order valence-electron chi connectivity index (χ3n) is 6.93. The molecule has 1 saturated heterocycles. The Bertz CT molecular complexity index is 910. The van der Waals surface area contributed by atoms with E-state index in [0.717, 1.165) is 51.1 Å². The molecule has 0 spiro atoms. The van der Waals surface area contributed by atoms with E-state index in [1.807, 2.05) is 18.2 Å². The Morgan fingerprint density at radius 3 is 2.66 bits per heavy atom. The van der Waals surface area contributed by atoms with E-state index in [1.165, 1.54) is 11.1 Å². The third-order valence-corrected chi connectivity index (χ3v) is 6.93. The van der Waals surface area contributed by atoms with Crippen LogP contribution in [0.15, 0.2) is 48.5 Å². The van der Waals surface area contributed by atoms with E-state index < -0.39 is 6.10 Å². The lowest BCUT2D eigenvalue weighted by molar-refractivity contribution is 0.0842. The molecule has 1 atom stereocenters. The highest BCUT2D eigenvalue weighted by molar-refractivity contribution is 5.95. The number of carbonyl (C=O) groups excluding carboxylic acids is 1. The molecule has 2 heterocycles. The zero-order chi connectivity index (χ0) is 22.5. The monoisotopic (exact) mass is 436 g/mol. The molecule has 0 bridgehead atoms. The number of nitrogens with zero attached hydrogens (tertiary/aromatic N) is 3. The Morgan fingerprint density at radius 1 is 1.12 bits per heavy atom. The Labute approximate surface area is 191 Å². The van der Waals surface area contributed by atoms with Crippen LogP contribution in [0.5, 0.6) is 0 Å². The van der Waals surface area contributed by atoms with Crippen molar-refractivity contribution in [3.63, 3.8) is 0 Å². The number of aliphatic hydroxyl groups is 1. The average Bonchev–Trinajstić information content (AvgIpc) is 2.82. The molecule has 4 rings (SSSR count). The number of carbonyl (C=O) groups is 1. The van der Waals surface area contributed by atoms with Gasteiger partial charge in [-0.15, -0.1) is 0 Å². The average molecular weight is 437 g/mol. The van der Waals surface area contributed by atoms with Crippen LogP contribution in [0.2, 0.25) is 0 Å². The number of aliphatic hydroxyl groups excluding tert-OH is 1. The molecular weight excluding hydrogens is 400 g/mol. The van der Waals surface area contributed by atoms with Crippen LogP contribution >= 0.6 is 0 Å². The zero-order valence-corrected chi connectivity index (χ0v) is 19.3. The van der Waals surface area contributed by atoms with Crippen LogP contribution in [0.1, 0.15) is 34.3 Å². The lowest BCUT2D eigenvalue weighted by Crippen LogP contribution is -2.42. The minimum Gasteiger partial charge on any atom is -0.390 e. The van der Waals surface area contributed by atoms with Gasteiger partial charge in [0.15, 0.2) is 0 Å². The van der Waals surface area contributed by atoms with Crippen LogP contribution in [0.25, 0.3) is 0 Å². The first kappa shape index (κ1) is 22.8. The Hall–Kier alpha value is -2.41. The highest BCUT2D eigenvalue weighted by Gasteiger charge is 2.22. The number of hydrogen-bond acceptors (Lipinski definition) is 5. The van der Waals surface area contributed by atoms with Gasteiger partial charge in [0, 0.05) is 50.5 Å². The van der Waals surface area contributed by atoms with Crippen LogP contribution < -0.4 is 10.2 Å². The number of β-amino-alcohol motifs (C(OH)–C–C–N with tert-alkyl or cyclic N) is 1. The summed E-state index contributed by atoms with van der Waals surface area (Å²) in [5, 5.41) is 13.4. The van der Waals surface area contributed by atoms with Crippen molar-refractivity contribution in [2.75, 3.05) is 51.7 Å². The summed E-state index contributed by atoms with van der Waals surface area (Å²) in [6, 6.07) is 16.8. The number of nitrogens with one attached hydrogen (secondary N) is 1. The number of anilines is 1. The molecule has 6 heteroatoms. The molecule has 2 aliphatic heterocycles. The lowest BCUT2D eigenvalue weighted by Gasteiger charge is -2.36. The SMILES string of the molecule is CN1CCC(N(C)c2cccc(C(=O)NCC(O)CN3CCc4ccccc4C3)c2)CC1. The van der Waals surface area contributed by atoms with Gasteiger partial charge >= 0.3 is 0 Å². The number of piperidine rings is 1. The van der Waals surface area contributed by atoms with Crippen molar-refractivity contribution in [1.82, 2.24) is 15.1 Å². The number of rotatable bonds is 7. The predicted molar refractivity (Wildman–Crippen MR) is 129 cm³/mol. The molecule has 0 saturated carbocycles. The Kier molecular flexibility index (Phi) is 7.45. The molecule has 1 fully saturated rings. The smallest absolute Gasteiger partial charge is 0.251 e. The van der Waals surface area contributed by atoms with E-state index in [1.54, 1.807) is 0 Å². The van der Waals surface area contributed by atoms with E-state index in [2.05, 4.69) is 64.4 Å². The van der Waals surface area contributed by atoms with Crippen LogP contribution in [0.3, 0.4) is 0 Å². The highest BCUT2D eigenvalue weighted by atomic mass is 16.3. The molecule has 2 aromatic carbocycles. The summed E-state index contributed by atoms with van der Waals surface area (Å²) >= 11 is 0. The fourth-order valence-corrected chi connectivity index (χ4v) is 4.84. The van der Waals surface area contributed by atoms with Crippen LogP contribution in [0.4, 0.5) is 5.69 Å². The molecule has 32 heavy (non-hydrogen) atoms. The molecule has 2 aliphatic rings. The number of likely N-dealkylation sites (tertiary alicyclic amines) is 1. The second-order valence-electron chi connectivity index (χ2n) is 9.31. The summed E-state index contributed by atoms with van der Waals surface area (Å²) < 4.78 is 0. The highest BCUT2D eigenvalue weighted by Crippen LogP contribution is 2.23. The van der Waals surface area contributed by atoms with Crippen molar-refractivity contribution in [2.24, 2.45) is 0 Å². The standard InChI is InChI=1S/C26H36N4O2/c1-28-13-11-23(12-14-28)29(2)24-9-5-8-21(16-24)26(32)27-17-25(31)19-30-15-10-20-6-3-4-7-22(20)18-30/h3-9,16,23,25,31H,10-15,17-19H2,1-2H3,(H,27,32). The van der Waals surface area contributed by atoms with Crippen molar-refractivity contribution >= 4 is 11.6 Å². The van der Waals surface area contributed by atoms with Crippen LogP contribution in [-0.4, -0.2) is 79.8 Å². The molecule has 6 nitrogen and oxygen atoms in total. The number of amides is 1. The first-order chi connectivity index (χ1) is 15.5. The fraction of sp³-hybridized carbons (Fsp3) is 0.500. The molecule has 172 valence electrons. The molecule has 0 aliphatic carbocycles. The second-order valence-corrected chi connectivity index (χ2v) is 9.31. The second kappa shape index (κ2) is 10.5. The number of hydrogen-bond donors (Lipinski definition) is 2. The number of benzene rings is 2. The third kappa shape index (κ3) is 5.68. The molecule has 0 aromatic heterocycles. The number of fused-ring (bicyclic) bond motifs is 1. The van der Waals surface area contributed by atoms with Gasteiger partial charge in [-0.3, -0.25) is 9.69 Å². The topological polar surface area (TPSA) is 59.1 Å². The fourth-order valence-electron chi connectivity index (χ4n) is 4.84. The van der Waals surface area contributed by atoms with Crippen molar-refractivity contribution < 1.29 is 9.90 Å². The minimum absolute atomic E-state index is 0.133. The van der Waals surface area contributed by atoms with Crippen LogP contribution in [-0.2, 0) is 13.0 Å².